The summed E-state index contributed by atoms with van der Waals surface area (Å²) < 4.78 is 0. The first-order chi connectivity index (χ1) is 8.22. The maximum atomic E-state index is 9.43. The Kier molecular flexibility index (Phi) is 3.97. The third kappa shape index (κ3) is 2.76. The van der Waals surface area contributed by atoms with Gasteiger partial charge in [0.1, 0.15) is 5.82 Å². The van der Waals surface area contributed by atoms with Crippen LogP contribution in [-0.2, 0) is 0 Å². The minimum atomic E-state index is -0.480. The van der Waals surface area contributed by atoms with E-state index in [9.17, 15) is 5.11 Å². The van der Waals surface area contributed by atoms with Gasteiger partial charge in [-0.05, 0) is 37.8 Å². The summed E-state index contributed by atoms with van der Waals surface area (Å²) >= 11 is 0. The van der Waals surface area contributed by atoms with Crippen LogP contribution in [0.1, 0.15) is 37.9 Å². The van der Waals surface area contributed by atoms with E-state index in [0.29, 0.717) is 12.6 Å². The monoisotopic (exact) mass is 236 g/mol. The lowest BCUT2D eigenvalue weighted by Crippen LogP contribution is -2.42. The van der Waals surface area contributed by atoms with Crippen LogP contribution in [0.2, 0.25) is 0 Å². The van der Waals surface area contributed by atoms with Gasteiger partial charge in [0, 0.05) is 18.8 Å². The van der Waals surface area contributed by atoms with Crippen molar-refractivity contribution in [2.75, 3.05) is 18.1 Å². The molecule has 2 rings (SSSR count). The topological polar surface area (TPSA) is 56.6 Å². The summed E-state index contributed by atoms with van der Waals surface area (Å²) in [6.07, 6.45) is 4.85. The zero-order valence-electron chi connectivity index (χ0n) is 10.2. The van der Waals surface area contributed by atoms with Crippen molar-refractivity contribution >= 4 is 5.82 Å². The summed E-state index contributed by atoms with van der Waals surface area (Å²) in [6, 6.07) is 4.35. The Morgan fingerprint density at radius 2 is 2.24 bits per heavy atom. The molecule has 4 heteroatoms. The molecule has 0 bridgehead atoms. The zero-order valence-corrected chi connectivity index (χ0v) is 10.2. The van der Waals surface area contributed by atoms with Gasteiger partial charge >= 0.3 is 0 Å². The van der Waals surface area contributed by atoms with E-state index in [2.05, 4.69) is 9.88 Å². The predicted octanol–water partition coefficient (Wildman–Crippen LogP) is 1.49. The molecule has 94 valence electrons. The summed E-state index contributed by atoms with van der Waals surface area (Å²) in [4.78, 5) is 6.54. The molecule has 17 heavy (non-hydrogen) atoms. The first kappa shape index (κ1) is 12.3. The van der Waals surface area contributed by atoms with E-state index in [1.165, 1.54) is 19.3 Å². The number of aromatic nitrogens is 1. The van der Waals surface area contributed by atoms with Crippen molar-refractivity contribution in [2.24, 2.45) is 0 Å². The third-order valence-electron chi connectivity index (χ3n) is 3.40. The molecule has 2 N–H and O–H groups in total. The Bertz CT molecular complexity index is 347. The molecule has 0 aromatic carbocycles. The number of aliphatic hydroxyl groups excluding tert-OH is 2. The van der Waals surface area contributed by atoms with Gasteiger partial charge in [-0.3, -0.25) is 0 Å². The fraction of sp³-hybridized carbons (Fsp3) is 0.615. The molecule has 1 saturated carbocycles. The average Bonchev–Trinajstić information content (AvgIpc) is 2.26. The van der Waals surface area contributed by atoms with E-state index >= 15 is 0 Å². The van der Waals surface area contributed by atoms with Crippen LogP contribution in [-0.4, -0.2) is 34.4 Å². The third-order valence-corrected chi connectivity index (χ3v) is 3.40. The van der Waals surface area contributed by atoms with E-state index in [4.69, 9.17) is 5.11 Å². The van der Waals surface area contributed by atoms with Gasteiger partial charge in [0.15, 0.2) is 0 Å². The van der Waals surface area contributed by atoms with E-state index in [-0.39, 0.29) is 6.61 Å². The van der Waals surface area contributed by atoms with E-state index < -0.39 is 6.10 Å². The van der Waals surface area contributed by atoms with Crippen molar-refractivity contribution in [3.05, 3.63) is 23.9 Å². The maximum absolute atomic E-state index is 9.43. The van der Waals surface area contributed by atoms with E-state index in [1.54, 1.807) is 13.1 Å². The van der Waals surface area contributed by atoms with Gasteiger partial charge in [0.05, 0.1) is 12.7 Å². The highest BCUT2D eigenvalue weighted by Crippen LogP contribution is 2.28. The lowest BCUT2D eigenvalue weighted by molar-refractivity contribution is 0.199. The van der Waals surface area contributed by atoms with Gasteiger partial charge < -0.3 is 15.1 Å². The van der Waals surface area contributed by atoms with Crippen LogP contribution in [0.3, 0.4) is 0 Å². The SMILES string of the molecule is CC(O)c1ccc(N(CCO)C2CCC2)nc1. The highest BCUT2D eigenvalue weighted by atomic mass is 16.3. The molecule has 1 heterocycles. The second-order valence-corrected chi connectivity index (χ2v) is 4.63. The van der Waals surface area contributed by atoms with Gasteiger partial charge in [0.25, 0.3) is 0 Å². The Balaban J connectivity index is 2.11. The van der Waals surface area contributed by atoms with E-state index in [0.717, 1.165) is 11.4 Å². The molecule has 1 aromatic heterocycles. The van der Waals surface area contributed by atoms with Crippen LogP contribution in [0, 0.1) is 0 Å². The molecule has 0 aliphatic heterocycles. The fourth-order valence-corrected chi connectivity index (χ4v) is 2.10. The molecule has 1 fully saturated rings. The molecular weight excluding hydrogens is 216 g/mol. The molecule has 0 radical (unpaired) electrons. The Hall–Kier alpha value is -1.13. The van der Waals surface area contributed by atoms with Gasteiger partial charge in [-0.1, -0.05) is 6.07 Å². The predicted molar refractivity (Wildman–Crippen MR) is 66.9 cm³/mol. The highest BCUT2D eigenvalue weighted by Gasteiger charge is 2.25. The normalized spacial score (nSPS) is 17.6. The summed E-state index contributed by atoms with van der Waals surface area (Å²) in [5, 5.41) is 18.5. The number of rotatable bonds is 5. The number of nitrogens with zero attached hydrogens (tertiary/aromatic N) is 2. The summed E-state index contributed by atoms with van der Waals surface area (Å²) in [5.74, 6) is 0.896. The minimum Gasteiger partial charge on any atom is -0.395 e. The second kappa shape index (κ2) is 5.47. The van der Waals surface area contributed by atoms with Crippen LogP contribution < -0.4 is 4.90 Å². The van der Waals surface area contributed by atoms with Gasteiger partial charge in [0.2, 0.25) is 0 Å². The lowest BCUT2D eigenvalue weighted by atomic mass is 9.91. The summed E-state index contributed by atoms with van der Waals surface area (Å²) in [5.41, 5.74) is 0.825. The molecular formula is C13H20N2O2. The number of pyridine rings is 1. The first-order valence-electron chi connectivity index (χ1n) is 6.24. The van der Waals surface area contributed by atoms with Gasteiger partial charge in [-0.2, -0.15) is 0 Å². The standard InChI is InChI=1S/C13H20N2O2/c1-10(17)11-5-6-13(14-9-11)15(7-8-16)12-3-2-4-12/h5-6,9-10,12,16-17H,2-4,7-8H2,1H3. The van der Waals surface area contributed by atoms with Crippen LogP contribution in [0.4, 0.5) is 5.82 Å². The number of hydrogen-bond donors (Lipinski definition) is 2. The van der Waals surface area contributed by atoms with Crippen LogP contribution in [0.15, 0.2) is 18.3 Å². The first-order valence-corrected chi connectivity index (χ1v) is 6.24. The number of anilines is 1. The van der Waals surface area contributed by atoms with Crippen molar-refractivity contribution in [1.82, 2.24) is 4.98 Å². The van der Waals surface area contributed by atoms with Crippen LogP contribution in [0.25, 0.3) is 0 Å². The largest absolute Gasteiger partial charge is 0.395 e. The van der Waals surface area contributed by atoms with E-state index in [1.807, 2.05) is 12.1 Å². The van der Waals surface area contributed by atoms with Gasteiger partial charge in [-0.25, -0.2) is 4.98 Å². The Morgan fingerprint density at radius 1 is 1.47 bits per heavy atom. The van der Waals surface area contributed by atoms with Crippen molar-refractivity contribution in [1.29, 1.82) is 0 Å². The quantitative estimate of drug-likeness (QED) is 0.813. The molecule has 1 atom stereocenters. The minimum absolute atomic E-state index is 0.149. The molecule has 1 aliphatic carbocycles. The zero-order chi connectivity index (χ0) is 12.3. The van der Waals surface area contributed by atoms with Gasteiger partial charge in [-0.15, -0.1) is 0 Å². The fourth-order valence-electron chi connectivity index (χ4n) is 2.10. The molecule has 1 unspecified atom stereocenters. The Labute approximate surface area is 102 Å². The molecule has 4 nitrogen and oxygen atoms in total. The van der Waals surface area contributed by atoms with Crippen molar-refractivity contribution < 1.29 is 10.2 Å². The van der Waals surface area contributed by atoms with Crippen molar-refractivity contribution in [3.8, 4) is 0 Å². The smallest absolute Gasteiger partial charge is 0.128 e. The highest BCUT2D eigenvalue weighted by molar-refractivity contribution is 5.41. The average molecular weight is 236 g/mol. The lowest BCUT2D eigenvalue weighted by Gasteiger charge is -2.38. The molecule has 1 aromatic rings. The molecule has 0 saturated heterocycles. The summed E-state index contributed by atoms with van der Waals surface area (Å²) in [7, 11) is 0. The number of aliphatic hydroxyl groups is 2. The molecule has 0 amide bonds. The van der Waals surface area contributed by atoms with Crippen molar-refractivity contribution in [2.45, 2.75) is 38.3 Å². The van der Waals surface area contributed by atoms with Crippen molar-refractivity contribution in [3.63, 3.8) is 0 Å². The van der Waals surface area contributed by atoms with Crippen LogP contribution >= 0.6 is 0 Å². The molecule has 0 spiro atoms. The van der Waals surface area contributed by atoms with Crippen LogP contribution in [0.5, 0.6) is 0 Å². The maximum Gasteiger partial charge on any atom is 0.128 e. The Morgan fingerprint density at radius 3 is 2.65 bits per heavy atom. The molecule has 1 aliphatic rings. The number of hydrogen-bond acceptors (Lipinski definition) is 4. The second-order valence-electron chi connectivity index (χ2n) is 4.63. The summed E-state index contributed by atoms with van der Waals surface area (Å²) in [6.45, 7) is 2.51.